The summed E-state index contributed by atoms with van der Waals surface area (Å²) in [5.41, 5.74) is 0.388. The highest BCUT2D eigenvalue weighted by molar-refractivity contribution is 7.88. The van der Waals surface area contributed by atoms with Crippen LogP contribution < -0.4 is 4.72 Å². The van der Waals surface area contributed by atoms with Crippen molar-refractivity contribution in [1.82, 2.24) is 4.72 Å². The summed E-state index contributed by atoms with van der Waals surface area (Å²) < 4.78 is 28.7. The van der Waals surface area contributed by atoms with Crippen molar-refractivity contribution in [3.8, 4) is 0 Å². The predicted molar refractivity (Wildman–Crippen MR) is 62.5 cm³/mol. The van der Waals surface area contributed by atoms with Gasteiger partial charge in [0.2, 0.25) is 10.0 Å². The molecular formula is C10H19NO4S. The van der Waals surface area contributed by atoms with Gasteiger partial charge < -0.3 is 4.74 Å². The van der Waals surface area contributed by atoms with E-state index in [0.29, 0.717) is 18.7 Å². The summed E-state index contributed by atoms with van der Waals surface area (Å²) in [6.45, 7) is 5.83. The molecule has 0 amide bonds. The fourth-order valence-corrected chi connectivity index (χ4v) is 1.46. The van der Waals surface area contributed by atoms with Gasteiger partial charge in [0.05, 0.1) is 12.9 Å². The van der Waals surface area contributed by atoms with Gasteiger partial charge in [-0.1, -0.05) is 6.58 Å². The van der Waals surface area contributed by atoms with Gasteiger partial charge in [-0.25, -0.2) is 17.9 Å². The second-order valence-electron chi connectivity index (χ2n) is 3.64. The summed E-state index contributed by atoms with van der Waals surface area (Å²) in [5, 5.41) is 0. The van der Waals surface area contributed by atoms with E-state index < -0.39 is 10.0 Å². The molecule has 0 fully saturated rings. The van der Waals surface area contributed by atoms with Crippen LogP contribution in [0.25, 0.3) is 0 Å². The summed E-state index contributed by atoms with van der Waals surface area (Å²) >= 11 is 0. The second kappa shape index (κ2) is 7.40. The van der Waals surface area contributed by atoms with Crippen LogP contribution in [-0.2, 0) is 19.6 Å². The lowest BCUT2D eigenvalue weighted by atomic mass is 10.2. The van der Waals surface area contributed by atoms with Gasteiger partial charge in [-0.3, -0.25) is 0 Å². The van der Waals surface area contributed by atoms with Gasteiger partial charge in [-0.2, -0.15) is 0 Å². The van der Waals surface area contributed by atoms with Crippen LogP contribution in [0, 0.1) is 0 Å². The first-order valence-electron chi connectivity index (χ1n) is 5.10. The minimum Gasteiger partial charge on any atom is -0.462 e. The van der Waals surface area contributed by atoms with Crippen LogP contribution in [0.2, 0.25) is 0 Å². The summed E-state index contributed by atoms with van der Waals surface area (Å²) in [4.78, 5) is 10.9. The molecule has 0 bridgehead atoms. The Balaban J connectivity index is 3.35. The van der Waals surface area contributed by atoms with Gasteiger partial charge in [-0.05, 0) is 26.2 Å². The average Bonchev–Trinajstić information content (AvgIpc) is 2.14. The van der Waals surface area contributed by atoms with Crippen molar-refractivity contribution in [3.05, 3.63) is 12.2 Å². The van der Waals surface area contributed by atoms with Crippen LogP contribution in [0.3, 0.4) is 0 Å². The molecule has 0 unspecified atom stereocenters. The summed E-state index contributed by atoms with van der Waals surface area (Å²) in [5.74, 6) is -0.380. The lowest BCUT2D eigenvalue weighted by Crippen LogP contribution is -2.22. The standard InChI is InChI=1S/C10H19NO4S/c1-9(2)10(12)15-8-6-4-5-7-11-16(3,13)14/h11H,1,4-8H2,2-3H3. The fraction of sp³-hybridized carbons (Fsp3) is 0.700. The molecule has 0 aliphatic heterocycles. The monoisotopic (exact) mass is 249 g/mol. The van der Waals surface area contributed by atoms with Crippen molar-refractivity contribution < 1.29 is 17.9 Å². The summed E-state index contributed by atoms with van der Waals surface area (Å²) in [6, 6.07) is 0. The maximum absolute atomic E-state index is 10.9. The minimum absolute atomic E-state index is 0.352. The molecule has 0 saturated carbocycles. The molecule has 0 saturated heterocycles. The maximum Gasteiger partial charge on any atom is 0.333 e. The van der Waals surface area contributed by atoms with Crippen LogP contribution in [0.4, 0.5) is 0 Å². The van der Waals surface area contributed by atoms with Gasteiger partial charge >= 0.3 is 5.97 Å². The number of hydrogen-bond donors (Lipinski definition) is 1. The number of carbonyl (C=O) groups is 1. The molecule has 0 spiro atoms. The molecule has 1 N–H and O–H groups in total. The van der Waals surface area contributed by atoms with E-state index in [1.165, 1.54) is 0 Å². The van der Waals surface area contributed by atoms with E-state index in [0.717, 1.165) is 25.5 Å². The highest BCUT2D eigenvalue weighted by Crippen LogP contribution is 1.98. The van der Waals surface area contributed by atoms with E-state index in [1.54, 1.807) is 6.92 Å². The van der Waals surface area contributed by atoms with Crippen molar-refractivity contribution in [3.63, 3.8) is 0 Å². The molecule has 0 aliphatic carbocycles. The third kappa shape index (κ3) is 9.67. The molecule has 0 aromatic carbocycles. The van der Waals surface area contributed by atoms with Crippen LogP contribution in [0.1, 0.15) is 26.2 Å². The second-order valence-corrected chi connectivity index (χ2v) is 5.48. The zero-order valence-corrected chi connectivity index (χ0v) is 10.6. The molecule has 94 valence electrons. The van der Waals surface area contributed by atoms with Crippen molar-refractivity contribution in [2.75, 3.05) is 19.4 Å². The number of nitrogens with one attached hydrogen (secondary N) is 1. The molecule has 0 aliphatic rings. The summed E-state index contributed by atoms with van der Waals surface area (Å²) in [7, 11) is -3.09. The molecule has 0 atom stereocenters. The number of esters is 1. The van der Waals surface area contributed by atoms with Gasteiger partial charge in [-0.15, -0.1) is 0 Å². The SMILES string of the molecule is C=C(C)C(=O)OCCCCCNS(C)(=O)=O. The number of rotatable bonds is 8. The Morgan fingerprint density at radius 2 is 1.94 bits per heavy atom. The molecule has 0 radical (unpaired) electrons. The third-order valence-electron chi connectivity index (χ3n) is 1.77. The Bertz CT molecular complexity index is 335. The smallest absolute Gasteiger partial charge is 0.333 e. The number of ether oxygens (including phenoxy) is 1. The van der Waals surface area contributed by atoms with E-state index in [4.69, 9.17) is 4.74 Å². The Morgan fingerprint density at radius 1 is 1.31 bits per heavy atom. The maximum atomic E-state index is 10.9. The number of hydrogen-bond acceptors (Lipinski definition) is 4. The number of unbranched alkanes of at least 4 members (excludes halogenated alkanes) is 2. The van der Waals surface area contributed by atoms with Gasteiger partial charge in [0.1, 0.15) is 0 Å². The fourth-order valence-electron chi connectivity index (χ4n) is 0.949. The van der Waals surface area contributed by atoms with Crippen molar-refractivity contribution in [2.24, 2.45) is 0 Å². The first-order valence-corrected chi connectivity index (χ1v) is 6.99. The lowest BCUT2D eigenvalue weighted by molar-refractivity contribution is -0.139. The number of carbonyl (C=O) groups excluding carboxylic acids is 1. The van der Waals surface area contributed by atoms with E-state index in [-0.39, 0.29) is 5.97 Å². The Kier molecular flexibility index (Phi) is 7.00. The Morgan fingerprint density at radius 3 is 2.44 bits per heavy atom. The normalized spacial score (nSPS) is 11.1. The molecule has 6 heteroatoms. The van der Waals surface area contributed by atoms with Crippen molar-refractivity contribution in [2.45, 2.75) is 26.2 Å². The van der Waals surface area contributed by atoms with Gasteiger partial charge in [0, 0.05) is 12.1 Å². The summed E-state index contributed by atoms with van der Waals surface area (Å²) in [6.07, 6.45) is 3.40. The number of sulfonamides is 1. The molecule has 16 heavy (non-hydrogen) atoms. The van der Waals surface area contributed by atoms with E-state index in [1.807, 2.05) is 0 Å². The Labute approximate surface area is 96.9 Å². The van der Waals surface area contributed by atoms with E-state index in [2.05, 4.69) is 11.3 Å². The predicted octanol–water partition coefficient (Wildman–Crippen LogP) is 0.825. The van der Waals surface area contributed by atoms with Crippen molar-refractivity contribution >= 4 is 16.0 Å². The molecule has 0 aromatic heterocycles. The van der Waals surface area contributed by atoms with E-state index in [9.17, 15) is 13.2 Å². The average molecular weight is 249 g/mol. The highest BCUT2D eigenvalue weighted by Gasteiger charge is 2.02. The molecule has 5 nitrogen and oxygen atoms in total. The lowest BCUT2D eigenvalue weighted by Gasteiger charge is -2.04. The molecule has 0 heterocycles. The van der Waals surface area contributed by atoms with Crippen LogP contribution in [-0.4, -0.2) is 33.8 Å². The topological polar surface area (TPSA) is 72.5 Å². The Hall–Kier alpha value is -0.880. The van der Waals surface area contributed by atoms with Gasteiger partial charge in [0.25, 0.3) is 0 Å². The zero-order chi connectivity index (χ0) is 12.6. The first kappa shape index (κ1) is 15.1. The molecular weight excluding hydrogens is 230 g/mol. The van der Waals surface area contributed by atoms with E-state index >= 15 is 0 Å². The third-order valence-corrected chi connectivity index (χ3v) is 2.50. The minimum atomic E-state index is -3.09. The zero-order valence-electron chi connectivity index (χ0n) is 9.78. The van der Waals surface area contributed by atoms with Gasteiger partial charge in [0.15, 0.2) is 0 Å². The first-order chi connectivity index (χ1) is 7.33. The largest absolute Gasteiger partial charge is 0.462 e. The van der Waals surface area contributed by atoms with Crippen LogP contribution in [0.5, 0.6) is 0 Å². The van der Waals surface area contributed by atoms with Crippen LogP contribution in [0.15, 0.2) is 12.2 Å². The molecule has 0 aromatic rings. The van der Waals surface area contributed by atoms with Crippen molar-refractivity contribution in [1.29, 1.82) is 0 Å². The molecule has 0 rings (SSSR count). The highest BCUT2D eigenvalue weighted by atomic mass is 32.2. The van der Waals surface area contributed by atoms with Crippen LogP contribution >= 0.6 is 0 Å². The quantitative estimate of drug-likeness (QED) is 0.393.